The van der Waals surface area contributed by atoms with Crippen LogP contribution in [0.2, 0.25) is 0 Å². The highest BCUT2D eigenvalue weighted by atomic mass is 17.2. The zero-order valence-corrected chi connectivity index (χ0v) is 10.3. The molecule has 0 aromatic rings. The third-order valence-electron chi connectivity index (χ3n) is 2.76. The summed E-state index contributed by atoms with van der Waals surface area (Å²) in [7, 11) is 0. The Balaban J connectivity index is 3.99. The first-order valence-corrected chi connectivity index (χ1v) is 5.16. The van der Waals surface area contributed by atoms with E-state index >= 15 is 0 Å². The topological polar surface area (TPSA) is 38.7 Å². The van der Waals surface area contributed by atoms with Gasteiger partial charge in [-0.25, -0.2) is 9.78 Å². The Morgan fingerprint density at radius 1 is 1.14 bits per heavy atom. The molecule has 0 spiro atoms. The first kappa shape index (κ1) is 13.9. The van der Waals surface area contributed by atoms with Crippen LogP contribution in [0.15, 0.2) is 0 Å². The summed E-state index contributed by atoms with van der Waals surface area (Å²) < 4.78 is 0. The summed E-state index contributed by atoms with van der Waals surface area (Å²) in [5, 5.41) is 8.69. The first-order chi connectivity index (χ1) is 6.20. The lowest BCUT2D eigenvalue weighted by Crippen LogP contribution is -2.40. The molecular weight excluding hydrogens is 180 g/mol. The molecule has 0 radical (unpaired) electrons. The molecule has 0 aromatic heterocycles. The molecule has 1 unspecified atom stereocenters. The van der Waals surface area contributed by atoms with E-state index in [4.69, 9.17) is 14.9 Å². The van der Waals surface area contributed by atoms with E-state index in [1.165, 1.54) is 0 Å². The molecule has 86 valence electrons. The van der Waals surface area contributed by atoms with Gasteiger partial charge in [-0.2, -0.15) is 0 Å². The molecule has 0 amide bonds. The molecule has 0 aromatic carbocycles. The lowest BCUT2D eigenvalue weighted by Gasteiger charge is -2.37. The summed E-state index contributed by atoms with van der Waals surface area (Å²) in [6.45, 7) is 12.3. The van der Waals surface area contributed by atoms with Gasteiger partial charge < -0.3 is 5.11 Å². The van der Waals surface area contributed by atoms with E-state index in [0.29, 0.717) is 6.42 Å². The third-order valence-corrected chi connectivity index (χ3v) is 2.76. The summed E-state index contributed by atoms with van der Waals surface area (Å²) in [4.78, 5) is 10.6. The summed E-state index contributed by atoms with van der Waals surface area (Å²) in [6, 6.07) is 0. The van der Waals surface area contributed by atoms with Crippen LogP contribution in [-0.2, 0) is 9.78 Å². The molecule has 0 aliphatic carbocycles. The Hall–Kier alpha value is -0.120. The van der Waals surface area contributed by atoms with Crippen molar-refractivity contribution in [2.45, 2.75) is 59.7 Å². The van der Waals surface area contributed by atoms with Crippen LogP contribution in [-0.4, -0.2) is 23.4 Å². The van der Waals surface area contributed by atoms with Gasteiger partial charge in [0.1, 0.15) is 5.60 Å². The molecule has 0 bridgehead atoms. The number of rotatable bonds is 5. The average Bonchev–Trinajstić information content (AvgIpc) is 1.99. The van der Waals surface area contributed by atoms with Crippen molar-refractivity contribution in [3.63, 3.8) is 0 Å². The Labute approximate surface area is 87.3 Å². The minimum Gasteiger partial charge on any atom is -0.396 e. The van der Waals surface area contributed by atoms with Gasteiger partial charge in [0.25, 0.3) is 0 Å². The molecule has 0 aliphatic rings. The third kappa shape index (κ3) is 4.40. The first-order valence-electron chi connectivity index (χ1n) is 5.16. The number of aliphatic hydroxyl groups is 1. The second-order valence-electron chi connectivity index (χ2n) is 5.26. The van der Waals surface area contributed by atoms with Crippen molar-refractivity contribution < 1.29 is 14.9 Å². The maximum absolute atomic E-state index is 8.69. The lowest BCUT2D eigenvalue weighted by atomic mass is 9.79. The highest BCUT2D eigenvalue weighted by molar-refractivity contribution is 4.82. The van der Waals surface area contributed by atoms with Crippen LogP contribution in [0.1, 0.15) is 48.0 Å². The second-order valence-corrected chi connectivity index (χ2v) is 5.26. The summed E-state index contributed by atoms with van der Waals surface area (Å²) >= 11 is 0. The van der Waals surface area contributed by atoms with Gasteiger partial charge in [-0.15, -0.1) is 0 Å². The molecule has 0 aliphatic heterocycles. The zero-order chi connectivity index (χ0) is 11.4. The number of hydrogen-bond donors (Lipinski definition) is 1. The summed E-state index contributed by atoms with van der Waals surface area (Å²) in [5.41, 5.74) is -0.317. The van der Waals surface area contributed by atoms with Crippen LogP contribution in [0.3, 0.4) is 0 Å². The molecule has 0 fully saturated rings. The summed E-state index contributed by atoms with van der Waals surface area (Å²) in [5.74, 6) is 0. The summed E-state index contributed by atoms with van der Waals surface area (Å²) in [6.07, 6.45) is 0.530. The Bertz CT molecular complexity index is 158. The minimum atomic E-state index is -0.337. The standard InChI is InChI=1S/C11H24O3/c1-9(7-8-12)13-14-11(5,6)10(2,3)4/h9,12H,7-8H2,1-6H3. The van der Waals surface area contributed by atoms with E-state index in [-0.39, 0.29) is 23.7 Å². The minimum absolute atomic E-state index is 0.0198. The second kappa shape index (κ2) is 5.10. The molecule has 1 N–H and O–H groups in total. The fraction of sp³-hybridized carbons (Fsp3) is 1.00. The maximum Gasteiger partial charge on any atom is 0.103 e. The van der Waals surface area contributed by atoms with E-state index in [0.717, 1.165) is 0 Å². The van der Waals surface area contributed by atoms with Crippen LogP contribution in [0.25, 0.3) is 0 Å². The van der Waals surface area contributed by atoms with Crippen LogP contribution in [0.5, 0.6) is 0 Å². The molecular formula is C11H24O3. The Morgan fingerprint density at radius 2 is 1.64 bits per heavy atom. The van der Waals surface area contributed by atoms with E-state index < -0.39 is 0 Å². The molecule has 0 saturated heterocycles. The smallest absolute Gasteiger partial charge is 0.103 e. The number of aliphatic hydroxyl groups excluding tert-OH is 1. The SMILES string of the molecule is CC(CCO)OOC(C)(C)C(C)(C)C. The molecule has 3 nitrogen and oxygen atoms in total. The average molecular weight is 204 g/mol. The van der Waals surface area contributed by atoms with Crippen molar-refractivity contribution >= 4 is 0 Å². The van der Waals surface area contributed by atoms with Gasteiger partial charge in [-0.05, 0) is 32.6 Å². The quantitative estimate of drug-likeness (QED) is 0.552. The Kier molecular flexibility index (Phi) is 5.06. The highest BCUT2D eigenvalue weighted by Gasteiger charge is 2.35. The monoisotopic (exact) mass is 204 g/mol. The van der Waals surface area contributed by atoms with Crippen molar-refractivity contribution in [1.82, 2.24) is 0 Å². The van der Waals surface area contributed by atoms with Crippen LogP contribution < -0.4 is 0 Å². The van der Waals surface area contributed by atoms with Gasteiger partial charge in [-0.3, -0.25) is 0 Å². The molecule has 14 heavy (non-hydrogen) atoms. The highest BCUT2D eigenvalue weighted by Crippen LogP contribution is 2.33. The van der Waals surface area contributed by atoms with Crippen LogP contribution >= 0.6 is 0 Å². The predicted molar refractivity (Wildman–Crippen MR) is 56.9 cm³/mol. The van der Waals surface area contributed by atoms with Crippen molar-refractivity contribution in [2.24, 2.45) is 5.41 Å². The van der Waals surface area contributed by atoms with Gasteiger partial charge in [0, 0.05) is 6.61 Å². The van der Waals surface area contributed by atoms with Crippen molar-refractivity contribution in [3.8, 4) is 0 Å². The molecule has 1 atom stereocenters. The van der Waals surface area contributed by atoms with Crippen LogP contribution in [0.4, 0.5) is 0 Å². The van der Waals surface area contributed by atoms with E-state index in [2.05, 4.69) is 20.8 Å². The Morgan fingerprint density at radius 3 is 2.00 bits per heavy atom. The largest absolute Gasteiger partial charge is 0.396 e. The van der Waals surface area contributed by atoms with E-state index in [9.17, 15) is 0 Å². The molecule has 0 saturated carbocycles. The molecule has 3 heteroatoms. The van der Waals surface area contributed by atoms with Gasteiger partial charge >= 0.3 is 0 Å². The number of hydrogen-bond acceptors (Lipinski definition) is 3. The zero-order valence-electron chi connectivity index (χ0n) is 10.3. The van der Waals surface area contributed by atoms with Crippen molar-refractivity contribution in [1.29, 1.82) is 0 Å². The fourth-order valence-corrected chi connectivity index (χ4v) is 0.557. The fourth-order valence-electron chi connectivity index (χ4n) is 0.557. The van der Waals surface area contributed by atoms with Gasteiger partial charge in [0.05, 0.1) is 6.10 Å². The normalized spacial score (nSPS) is 15.6. The maximum atomic E-state index is 8.69. The van der Waals surface area contributed by atoms with Gasteiger partial charge in [0.2, 0.25) is 0 Å². The van der Waals surface area contributed by atoms with E-state index in [1.54, 1.807) is 0 Å². The van der Waals surface area contributed by atoms with E-state index in [1.807, 2.05) is 20.8 Å². The van der Waals surface area contributed by atoms with Crippen molar-refractivity contribution in [2.75, 3.05) is 6.61 Å². The van der Waals surface area contributed by atoms with Crippen LogP contribution in [0, 0.1) is 5.41 Å². The molecule has 0 heterocycles. The molecule has 0 rings (SSSR count). The predicted octanol–water partition coefficient (Wildman–Crippen LogP) is 2.53. The lowest BCUT2D eigenvalue weighted by molar-refractivity contribution is -0.393. The van der Waals surface area contributed by atoms with Gasteiger partial charge in [0.15, 0.2) is 0 Å². The van der Waals surface area contributed by atoms with Gasteiger partial charge in [-0.1, -0.05) is 20.8 Å². The van der Waals surface area contributed by atoms with Crippen molar-refractivity contribution in [3.05, 3.63) is 0 Å².